The summed E-state index contributed by atoms with van der Waals surface area (Å²) in [6, 6.07) is 65.4. The minimum absolute atomic E-state index is 0.0232. The van der Waals surface area contributed by atoms with Crippen molar-refractivity contribution in [3.05, 3.63) is 209 Å². The monoisotopic (exact) mass is 946 g/mol. The molecule has 0 unspecified atom stereocenters. The first-order valence-electron chi connectivity index (χ1n) is 26.4. The lowest BCUT2D eigenvalue weighted by Gasteiger charge is -2.30. The third kappa shape index (κ3) is 9.89. The van der Waals surface area contributed by atoms with E-state index in [1.165, 1.54) is 94.6 Å². The maximum Gasteiger partial charge on any atom is 0.0540 e. The Bertz CT molecular complexity index is 3270. The molecule has 0 saturated carbocycles. The first-order chi connectivity index (χ1) is 33.6. The van der Waals surface area contributed by atoms with Gasteiger partial charge in [-0.2, -0.15) is 0 Å². The summed E-state index contributed by atoms with van der Waals surface area (Å²) >= 11 is 0. The van der Waals surface area contributed by atoms with Gasteiger partial charge in [-0.1, -0.05) is 245 Å². The van der Waals surface area contributed by atoms with E-state index in [4.69, 9.17) is 0 Å². The van der Waals surface area contributed by atoms with Gasteiger partial charge in [0.05, 0.1) is 5.69 Å². The molecule has 0 saturated heterocycles. The summed E-state index contributed by atoms with van der Waals surface area (Å²) in [5.41, 5.74) is 25.3. The van der Waals surface area contributed by atoms with E-state index in [1.807, 2.05) is 0 Å². The molecule has 0 atom stereocenters. The lowest BCUT2D eigenvalue weighted by Crippen LogP contribution is -2.17. The molecule has 0 heterocycles. The molecule has 9 rings (SSSR count). The fraction of sp³-hybridized carbons (Fsp3) is 0.324. The Balaban J connectivity index is 1.19. The Morgan fingerprint density at radius 1 is 0.278 bits per heavy atom. The molecule has 0 spiro atoms. The zero-order chi connectivity index (χ0) is 51.9. The second-order valence-corrected chi connectivity index (χ2v) is 26.5. The molecule has 72 heavy (non-hydrogen) atoms. The zero-order valence-electron chi connectivity index (χ0n) is 46.6. The van der Waals surface area contributed by atoms with Gasteiger partial charge in [0.1, 0.15) is 0 Å². The van der Waals surface area contributed by atoms with Gasteiger partial charge in [-0.25, -0.2) is 0 Å². The van der Waals surface area contributed by atoms with Gasteiger partial charge in [-0.3, -0.25) is 0 Å². The molecule has 0 bridgehead atoms. The van der Waals surface area contributed by atoms with Crippen molar-refractivity contribution in [2.75, 3.05) is 4.90 Å². The van der Waals surface area contributed by atoms with E-state index in [9.17, 15) is 0 Å². The third-order valence-electron chi connectivity index (χ3n) is 15.4. The van der Waals surface area contributed by atoms with Crippen molar-refractivity contribution >= 4 is 17.1 Å². The Kier molecular flexibility index (Phi) is 12.6. The van der Waals surface area contributed by atoms with E-state index < -0.39 is 0 Å². The predicted molar refractivity (Wildman–Crippen MR) is 314 cm³/mol. The van der Waals surface area contributed by atoms with Gasteiger partial charge in [0.25, 0.3) is 0 Å². The van der Waals surface area contributed by atoms with Gasteiger partial charge in [0.2, 0.25) is 0 Å². The first-order valence-corrected chi connectivity index (χ1v) is 26.4. The molecule has 0 radical (unpaired) electrons. The van der Waals surface area contributed by atoms with Gasteiger partial charge >= 0.3 is 0 Å². The lowest BCUT2D eigenvalue weighted by molar-refractivity contribution is 0.569. The number of hydrogen-bond acceptors (Lipinski definition) is 1. The van der Waals surface area contributed by atoms with E-state index in [-0.39, 0.29) is 32.5 Å². The van der Waals surface area contributed by atoms with Crippen molar-refractivity contribution in [1.82, 2.24) is 0 Å². The van der Waals surface area contributed by atoms with Crippen molar-refractivity contribution in [3.8, 4) is 55.6 Å². The number of hydrogen-bond donors (Lipinski definition) is 0. The zero-order valence-corrected chi connectivity index (χ0v) is 46.6. The Morgan fingerprint density at radius 3 is 1.14 bits per heavy atom. The van der Waals surface area contributed by atoms with E-state index in [0.29, 0.717) is 0 Å². The quantitative estimate of drug-likeness (QED) is 0.154. The molecule has 0 amide bonds. The number of fused-ring (bicyclic) bond motifs is 3. The number of rotatable bonds is 7. The highest BCUT2D eigenvalue weighted by molar-refractivity contribution is 5.91. The molecule has 1 aliphatic rings. The normalized spacial score (nSPS) is 13.7. The summed E-state index contributed by atoms with van der Waals surface area (Å²) < 4.78 is 0. The van der Waals surface area contributed by atoms with Crippen LogP contribution in [0.25, 0.3) is 55.6 Å². The van der Waals surface area contributed by atoms with Gasteiger partial charge in [0.15, 0.2) is 0 Å². The van der Waals surface area contributed by atoms with Crippen LogP contribution in [0.4, 0.5) is 17.1 Å². The van der Waals surface area contributed by atoms with Crippen LogP contribution in [0.3, 0.4) is 0 Å². The Labute approximate surface area is 434 Å². The van der Waals surface area contributed by atoms with Crippen LogP contribution in [0.2, 0.25) is 0 Å². The van der Waals surface area contributed by atoms with Crippen LogP contribution in [0.1, 0.15) is 157 Å². The number of benzene rings is 8. The SMILES string of the molecule is CC(C)(C)c1ccc(-c2ccccc2N(c2ccc(-c3cc(-c4cc(-c5cc(C(C)(C)C)cc(C(C)(C)C)c5)cc(C(C)(C)C)c4)cc(C(C)(C)C)c3)cc2)c2ccc3c(c2)C(C)(C)c2ccccc2-3)cc1. The summed E-state index contributed by atoms with van der Waals surface area (Å²) in [6.07, 6.45) is 0. The molecule has 368 valence electrons. The average Bonchev–Trinajstić information content (AvgIpc) is 3.55. The van der Waals surface area contributed by atoms with Crippen molar-refractivity contribution < 1.29 is 0 Å². The maximum atomic E-state index is 2.48. The average molecular weight is 946 g/mol. The molecule has 8 aromatic carbocycles. The minimum Gasteiger partial charge on any atom is -0.310 e. The molecule has 0 N–H and O–H groups in total. The first kappa shape index (κ1) is 50.5. The topological polar surface area (TPSA) is 3.24 Å². The van der Waals surface area contributed by atoms with Crippen molar-refractivity contribution in [2.24, 2.45) is 0 Å². The Hall–Kier alpha value is -6.44. The molecule has 1 heteroatoms. The minimum atomic E-state index is -0.130. The highest BCUT2D eigenvalue weighted by Gasteiger charge is 2.36. The molecule has 0 fully saturated rings. The summed E-state index contributed by atoms with van der Waals surface area (Å²) in [6.45, 7) is 39.6. The summed E-state index contributed by atoms with van der Waals surface area (Å²) in [5, 5.41) is 0. The molecule has 0 aromatic heterocycles. The predicted octanol–water partition coefficient (Wildman–Crippen LogP) is 20.6. The smallest absolute Gasteiger partial charge is 0.0540 e. The van der Waals surface area contributed by atoms with Gasteiger partial charge in [-0.15, -0.1) is 0 Å². The van der Waals surface area contributed by atoms with E-state index in [1.54, 1.807) is 0 Å². The van der Waals surface area contributed by atoms with Crippen LogP contribution in [0.15, 0.2) is 170 Å². The van der Waals surface area contributed by atoms with Crippen LogP contribution in [0, 0.1) is 0 Å². The van der Waals surface area contributed by atoms with Crippen LogP contribution >= 0.6 is 0 Å². The van der Waals surface area contributed by atoms with Gasteiger partial charge in [-0.05, 0) is 159 Å². The van der Waals surface area contributed by atoms with Crippen molar-refractivity contribution in [3.63, 3.8) is 0 Å². The van der Waals surface area contributed by atoms with E-state index >= 15 is 0 Å². The van der Waals surface area contributed by atoms with Gasteiger partial charge < -0.3 is 4.90 Å². The molecular formula is C71H79N. The molecule has 1 aliphatic carbocycles. The molecule has 8 aromatic rings. The van der Waals surface area contributed by atoms with Gasteiger partial charge in [0, 0.05) is 22.4 Å². The molecule has 0 aliphatic heterocycles. The largest absolute Gasteiger partial charge is 0.310 e. The standard InChI is InChI=1S/C71H79N/c1-66(2,3)53-30-26-47(27-31-53)60-22-19-21-25-65(60)72(59-34-35-62-61-23-18-20-24-63(61)71(16,17)64(62)45-59)58-32-28-46(29-33-58)48-36-49(39-54(38-48)67(4,5)6)50-37-51(41-55(40-50)68(7,8)9)52-42-56(69(10,11)12)44-57(43-52)70(13,14)15/h18-45H,1-17H3. The van der Waals surface area contributed by atoms with Crippen LogP contribution in [-0.2, 0) is 32.5 Å². The third-order valence-corrected chi connectivity index (χ3v) is 15.4. The summed E-state index contributed by atoms with van der Waals surface area (Å²) in [5.74, 6) is 0. The fourth-order valence-corrected chi connectivity index (χ4v) is 10.6. The molecular weight excluding hydrogens is 867 g/mol. The second-order valence-electron chi connectivity index (χ2n) is 26.5. The summed E-state index contributed by atoms with van der Waals surface area (Å²) in [4.78, 5) is 2.48. The van der Waals surface area contributed by atoms with Crippen molar-refractivity contribution in [2.45, 2.75) is 150 Å². The summed E-state index contributed by atoms with van der Waals surface area (Å²) in [7, 11) is 0. The van der Waals surface area contributed by atoms with E-state index in [2.05, 4.69) is 292 Å². The van der Waals surface area contributed by atoms with E-state index in [0.717, 1.165) is 17.1 Å². The number of nitrogens with zero attached hydrogens (tertiary/aromatic N) is 1. The maximum absolute atomic E-state index is 2.48. The highest BCUT2D eigenvalue weighted by Crippen LogP contribution is 2.52. The number of anilines is 3. The number of para-hydroxylation sites is 1. The Morgan fingerprint density at radius 2 is 0.653 bits per heavy atom. The van der Waals surface area contributed by atoms with Crippen LogP contribution < -0.4 is 4.90 Å². The van der Waals surface area contributed by atoms with Crippen LogP contribution in [0.5, 0.6) is 0 Å². The van der Waals surface area contributed by atoms with Crippen molar-refractivity contribution in [1.29, 1.82) is 0 Å². The van der Waals surface area contributed by atoms with Crippen LogP contribution in [-0.4, -0.2) is 0 Å². The highest BCUT2D eigenvalue weighted by atomic mass is 15.1. The lowest BCUT2D eigenvalue weighted by atomic mass is 9.77. The molecule has 1 nitrogen and oxygen atoms in total. The fourth-order valence-electron chi connectivity index (χ4n) is 10.6. The second kappa shape index (κ2) is 17.9.